The van der Waals surface area contributed by atoms with Gasteiger partial charge in [-0.1, -0.05) is 54.1 Å². The van der Waals surface area contributed by atoms with E-state index in [1.165, 1.54) is 24.5 Å². The predicted octanol–water partition coefficient (Wildman–Crippen LogP) is 5.82. The van der Waals surface area contributed by atoms with Gasteiger partial charge in [0, 0.05) is 42.1 Å². The lowest BCUT2D eigenvalue weighted by molar-refractivity contribution is 0.0837. The van der Waals surface area contributed by atoms with Crippen molar-refractivity contribution in [2.24, 2.45) is 0 Å². The molecule has 1 fully saturated rings. The van der Waals surface area contributed by atoms with Crippen molar-refractivity contribution in [2.75, 3.05) is 19.7 Å². The van der Waals surface area contributed by atoms with Crippen LogP contribution in [0.2, 0.25) is 5.02 Å². The van der Waals surface area contributed by atoms with Crippen molar-refractivity contribution in [1.29, 1.82) is 5.26 Å². The lowest BCUT2D eigenvalue weighted by Gasteiger charge is -2.38. The fourth-order valence-electron chi connectivity index (χ4n) is 4.82. The first-order valence-electron chi connectivity index (χ1n) is 13.0. The molecular weight excluding hydrogens is 529 g/mol. The molecule has 202 valence electrons. The average Bonchev–Trinajstić information content (AvgIpc) is 2.99. The molecule has 1 unspecified atom stereocenters. The number of amides is 1. The van der Waals surface area contributed by atoms with E-state index < -0.39 is 0 Å². The lowest BCUT2D eigenvalue weighted by Crippen LogP contribution is -2.46. The van der Waals surface area contributed by atoms with Gasteiger partial charge < -0.3 is 10.1 Å². The number of rotatable bonds is 8. The van der Waals surface area contributed by atoms with Crippen LogP contribution >= 0.6 is 11.6 Å². The SMILES string of the molecule is N#Cc1cc(Cl)ccc1OCC(c1ccccc1)N1CCC(NC(=O)c2cnc(-c3cccc(F)c3)nc2)CC1. The van der Waals surface area contributed by atoms with Crippen LogP contribution in [0.1, 0.15) is 40.4 Å². The molecule has 0 radical (unpaired) electrons. The Kier molecular flexibility index (Phi) is 8.65. The Morgan fingerprint density at radius 2 is 1.82 bits per heavy atom. The number of piperidine rings is 1. The minimum Gasteiger partial charge on any atom is -0.490 e. The van der Waals surface area contributed by atoms with Crippen LogP contribution in [-0.4, -0.2) is 46.5 Å². The number of nitrogens with zero attached hydrogens (tertiary/aromatic N) is 4. The van der Waals surface area contributed by atoms with Crippen LogP contribution in [0.3, 0.4) is 0 Å². The third-order valence-electron chi connectivity index (χ3n) is 6.95. The number of hydrogen-bond donors (Lipinski definition) is 1. The monoisotopic (exact) mass is 555 g/mol. The summed E-state index contributed by atoms with van der Waals surface area (Å²) in [6, 6.07) is 23.3. The molecule has 1 amide bonds. The molecule has 9 heteroatoms. The molecule has 4 aromatic rings. The Hall–Kier alpha value is -4.32. The molecule has 5 rings (SSSR count). The molecule has 3 aromatic carbocycles. The molecule has 7 nitrogen and oxygen atoms in total. The summed E-state index contributed by atoms with van der Waals surface area (Å²) in [5.41, 5.74) is 2.42. The summed E-state index contributed by atoms with van der Waals surface area (Å²) in [5, 5.41) is 13.1. The second-order valence-electron chi connectivity index (χ2n) is 9.58. The maximum Gasteiger partial charge on any atom is 0.254 e. The maximum absolute atomic E-state index is 13.5. The summed E-state index contributed by atoms with van der Waals surface area (Å²) in [7, 11) is 0. The first kappa shape index (κ1) is 27.3. The normalized spacial score (nSPS) is 14.7. The second-order valence-corrected chi connectivity index (χ2v) is 10.0. The second kappa shape index (κ2) is 12.7. The highest BCUT2D eigenvalue weighted by Gasteiger charge is 2.28. The van der Waals surface area contributed by atoms with Crippen LogP contribution in [0.25, 0.3) is 11.4 Å². The van der Waals surface area contributed by atoms with Crippen molar-refractivity contribution in [3.63, 3.8) is 0 Å². The van der Waals surface area contributed by atoms with Gasteiger partial charge in [0.05, 0.1) is 17.2 Å². The van der Waals surface area contributed by atoms with Gasteiger partial charge in [-0.15, -0.1) is 0 Å². The first-order chi connectivity index (χ1) is 19.5. The Balaban J connectivity index is 1.20. The van der Waals surface area contributed by atoms with Crippen LogP contribution in [0.15, 0.2) is 85.2 Å². The highest BCUT2D eigenvalue weighted by molar-refractivity contribution is 6.30. The maximum atomic E-state index is 13.5. The van der Waals surface area contributed by atoms with E-state index in [0.29, 0.717) is 39.9 Å². The molecule has 1 N–H and O–H groups in total. The molecule has 1 aliphatic rings. The van der Waals surface area contributed by atoms with E-state index in [1.807, 2.05) is 18.2 Å². The minimum atomic E-state index is -0.368. The Bertz CT molecular complexity index is 1500. The van der Waals surface area contributed by atoms with Gasteiger partial charge >= 0.3 is 0 Å². The van der Waals surface area contributed by atoms with Crippen LogP contribution in [0.5, 0.6) is 5.75 Å². The van der Waals surface area contributed by atoms with Crippen molar-refractivity contribution in [3.8, 4) is 23.2 Å². The fourth-order valence-corrected chi connectivity index (χ4v) is 4.99. The van der Waals surface area contributed by atoms with Gasteiger partial charge in [0.1, 0.15) is 24.2 Å². The fraction of sp³-hybridized carbons (Fsp3) is 0.226. The summed E-state index contributed by atoms with van der Waals surface area (Å²) in [6.07, 6.45) is 4.46. The first-order valence-corrected chi connectivity index (χ1v) is 13.4. The van der Waals surface area contributed by atoms with Crippen molar-refractivity contribution in [2.45, 2.75) is 24.9 Å². The zero-order valence-corrected chi connectivity index (χ0v) is 22.4. The van der Waals surface area contributed by atoms with Crippen molar-refractivity contribution >= 4 is 17.5 Å². The van der Waals surface area contributed by atoms with E-state index in [9.17, 15) is 14.4 Å². The smallest absolute Gasteiger partial charge is 0.254 e. The minimum absolute atomic E-state index is 0.00504. The number of aromatic nitrogens is 2. The molecule has 2 heterocycles. The number of carbonyl (C=O) groups excluding carboxylic acids is 1. The molecular formula is C31H27ClFN5O2. The number of nitrogens with one attached hydrogen (secondary N) is 1. The number of halogens is 2. The van der Waals surface area contributed by atoms with Crippen molar-refractivity contribution in [3.05, 3.63) is 113 Å². The molecule has 1 aliphatic heterocycles. The molecule has 1 saturated heterocycles. The molecule has 0 saturated carbocycles. The molecule has 0 bridgehead atoms. The zero-order valence-electron chi connectivity index (χ0n) is 21.6. The third-order valence-corrected chi connectivity index (χ3v) is 7.18. The number of ether oxygens (including phenoxy) is 1. The number of benzene rings is 3. The summed E-state index contributed by atoms with van der Waals surface area (Å²) < 4.78 is 19.6. The number of nitriles is 1. The zero-order chi connectivity index (χ0) is 27.9. The Morgan fingerprint density at radius 3 is 2.52 bits per heavy atom. The van der Waals surface area contributed by atoms with Gasteiger partial charge in [0.2, 0.25) is 0 Å². The van der Waals surface area contributed by atoms with Crippen molar-refractivity contribution in [1.82, 2.24) is 20.2 Å². The van der Waals surface area contributed by atoms with Crippen LogP contribution < -0.4 is 10.1 Å². The largest absolute Gasteiger partial charge is 0.490 e. The van der Waals surface area contributed by atoms with Crippen LogP contribution in [0.4, 0.5) is 4.39 Å². The quantitative estimate of drug-likeness (QED) is 0.294. The summed E-state index contributed by atoms with van der Waals surface area (Å²) >= 11 is 6.04. The summed E-state index contributed by atoms with van der Waals surface area (Å²) in [6.45, 7) is 1.88. The molecule has 0 spiro atoms. The Labute approximate surface area is 237 Å². The van der Waals surface area contributed by atoms with Crippen molar-refractivity contribution < 1.29 is 13.9 Å². The molecule has 40 heavy (non-hydrogen) atoms. The van der Waals surface area contributed by atoms with E-state index in [1.54, 1.807) is 30.3 Å². The highest BCUT2D eigenvalue weighted by atomic mass is 35.5. The average molecular weight is 556 g/mol. The van der Waals surface area contributed by atoms with E-state index >= 15 is 0 Å². The topological polar surface area (TPSA) is 91.1 Å². The van der Waals surface area contributed by atoms with Crippen LogP contribution in [-0.2, 0) is 0 Å². The van der Waals surface area contributed by atoms with E-state index in [2.05, 4.69) is 38.4 Å². The predicted molar refractivity (Wildman–Crippen MR) is 150 cm³/mol. The van der Waals surface area contributed by atoms with Gasteiger partial charge in [0.15, 0.2) is 5.82 Å². The van der Waals surface area contributed by atoms with E-state index in [-0.39, 0.29) is 23.8 Å². The van der Waals surface area contributed by atoms with E-state index in [4.69, 9.17) is 16.3 Å². The van der Waals surface area contributed by atoms with Gasteiger partial charge in [-0.25, -0.2) is 14.4 Å². The van der Waals surface area contributed by atoms with Crippen LogP contribution in [0, 0.1) is 17.1 Å². The third kappa shape index (κ3) is 6.63. The van der Waals surface area contributed by atoms with Gasteiger partial charge in [0.25, 0.3) is 5.91 Å². The van der Waals surface area contributed by atoms with Gasteiger partial charge in [-0.3, -0.25) is 9.69 Å². The van der Waals surface area contributed by atoms with Gasteiger partial charge in [-0.2, -0.15) is 5.26 Å². The molecule has 0 aliphatic carbocycles. The summed E-state index contributed by atoms with van der Waals surface area (Å²) in [5.74, 6) is 0.255. The number of likely N-dealkylation sites (tertiary alicyclic amines) is 1. The number of carbonyl (C=O) groups is 1. The van der Waals surface area contributed by atoms with Gasteiger partial charge in [-0.05, 0) is 48.7 Å². The lowest BCUT2D eigenvalue weighted by atomic mass is 9.99. The highest BCUT2D eigenvalue weighted by Crippen LogP contribution is 2.28. The number of hydrogen-bond acceptors (Lipinski definition) is 6. The standard InChI is InChI=1S/C31H27ClFN5O2/c32-25-9-10-29(23(15-25)17-34)40-20-28(21-5-2-1-3-6-21)38-13-11-27(12-14-38)37-31(39)24-18-35-30(36-19-24)22-7-4-8-26(33)16-22/h1-10,15-16,18-19,27-28H,11-14,20H2,(H,37,39). The summed E-state index contributed by atoms with van der Waals surface area (Å²) in [4.78, 5) is 23.7. The molecule has 1 aromatic heterocycles. The molecule has 1 atom stereocenters. The Morgan fingerprint density at radius 1 is 1.07 bits per heavy atom. The van der Waals surface area contributed by atoms with E-state index in [0.717, 1.165) is 31.5 Å².